The zero-order valence-corrected chi connectivity index (χ0v) is 29.5. The first kappa shape index (κ1) is 35.7. The molecular formula is C34H47BrF3N5O4. The van der Waals surface area contributed by atoms with E-state index in [-0.39, 0.29) is 30.0 Å². The predicted octanol–water partition coefficient (Wildman–Crippen LogP) is 7.25. The molecule has 3 aliphatic rings. The Morgan fingerprint density at radius 1 is 1.13 bits per heavy atom. The normalized spacial score (nSPS) is 19.2. The lowest BCUT2D eigenvalue weighted by atomic mass is 9.72. The Hall–Kier alpha value is -2.64. The molecule has 47 heavy (non-hydrogen) atoms. The van der Waals surface area contributed by atoms with E-state index in [1.807, 2.05) is 33.8 Å². The third-order valence-corrected chi connectivity index (χ3v) is 10.2. The summed E-state index contributed by atoms with van der Waals surface area (Å²) in [7, 11) is 0. The van der Waals surface area contributed by atoms with Crippen LogP contribution >= 0.6 is 15.9 Å². The number of benzene rings is 1. The molecule has 3 fully saturated rings. The van der Waals surface area contributed by atoms with E-state index in [4.69, 9.17) is 24.2 Å². The molecular weight excluding hydrogens is 679 g/mol. The van der Waals surface area contributed by atoms with Crippen molar-refractivity contribution in [2.75, 3.05) is 63.9 Å². The van der Waals surface area contributed by atoms with Crippen molar-refractivity contribution in [2.24, 2.45) is 5.41 Å². The second-order valence-corrected chi connectivity index (χ2v) is 14.8. The fourth-order valence-corrected chi connectivity index (χ4v) is 7.36. The molecule has 0 bridgehead atoms. The SMILES string of the molecule is C=Cc1cc2c(N3CCC4(CC3)CN(C(=O)OC(C)(C)C)C4)nc(OC3CCN(CCOCC)CC3)nc2c(CCC(F)(F)F)c1Br. The fourth-order valence-electron chi connectivity index (χ4n) is 6.70. The first-order valence-electron chi connectivity index (χ1n) is 16.6. The number of ether oxygens (including phenoxy) is 3. The Morgan fingerprint density at radius 2 is 1.81 bits per heavy atom. The van der Waals surface area contributed by atoms with Crippen molar-refractivity contribution in [3.05, 3.63) is 28.2 Å². The van der Waals surface area contributed by atoms with Gasteiger partial charge in [-0.3, -0.25) is 0 Å². The summed E-state index contributed by atoms with van der Waals surface area (Å²) in [4.78, 5) is 28.6. The maximum absolute atomic E-state index is 13.5. The molecule has 2 aromatic rings. The van der Waals surface area contributed by atoms with Crippen LogP contribution in [0, 0.1) is 5.41 Å². The summed E-state index contributed by atoms with van der Waals surface area (Å²) in [5.41, 5.74) is 1.08. The first-order valence-corrected chi connectivity index (χ1v) is 17.4. The molecule has 4 heterocycles. The Kier molecular flexibility index (Phi) is 11.0. The van der Waals surface area contributed by atoms with E-state index >= 15 is 0 Å². The van der Waals surface area contributed by atoms with Crippen LogP contribution in [-0.2, 0) is 15.9 Å². The van der Waals surface area contributed by atoms with Gasteiger partial charge < -0.3 is 28.9 Å². The second kappa shape index (κ2) is 14.5. The number of halogens is 4. The number of hydrogen-bond donors (Lipinski definition) is 0. The van der Waals surface area contributed by atoms with Crippen LogP contribution in [0.3, 0.4) is 0 Å². The number of fused-ring (bicyclic) bond motifs is 1. The molecule has 3 aliphatic heterocycles. The Morgan fingerprint density at radius 3 is 2.40 bits per heavy atom. The summed E-state index contributed by atoms with van der Waals surface area (Å²) in [6.45, 7) is 18.1. The van der Waals surface area contributed by atoms with E-state index in [0.29, 0.717) is 71.7 Å². The number of nitrogens with zero attached hydrogens (tertiary/aromatic N) is 5. The van der Waals surface area contributed by atoms with Gasteiger partial charge in [0.25, 0.3) is 0 Å². The van der Waals surface area contributed by atoms with E-state index in [0.717, 1.165) is 45.3 Å². The average Bonchev–Trinajstić information content (AvgIpc) is 2.98. The van der Waals surface area contributed by atoms with Crippen molar-refractivity contribution in [1.82, 2.24) is 19.8 Å². The smallest absolute Gasteiger partial charge is 0.410 e. The Balaban J connectivity index is 1.39. The van der Waals surface area contributed by atoms with Gasteiger partial charge in [0.1, 0.15) is 17.5 Å². The molecule has 0 saturated carbocycles. The van der Waals surface area contributed by atoms with E-state index < -0.39 is 18.2 Å². The maximum atomic E-state index is 13.5. The van der Waals surface area contributed by atoms with Crippen LogP contribution in [-0.4, -0.2) is 103 Å². The van der Waals surface area contributed by atoms with Gasteiger partial charge in [-0.1, -0.05) is 12.7 Å². The lowest BCUT2D eigenvalue weighted by Crippen LogP contribution is -2.62. The summed E-state index contributed by atoms with van der Waals surface area (Å²) in [6.07, 6.45) is -0.999. The third kappa shape index (κ3) is 8.89. The van der Waals surface area contributed by atoms with Crippen LogP contribution in [0.5, 0.6) is 6.01 Å². The molecule has 5 rings (SSSR count). The first-order chi connectivity index (χ1) is 22.2. The zero-order valence-electron chi connectivity index (χ0n) is 27.9. The fraction of sp³-hybridized carbons (Fsp3) is 0.676. The molecule has 0 atom stereocenters. The van der Waals surface area contributed by atoms with Crippen LogP contribution in [0.2, 0.25) is 0 Å². The topological polar surface area (TPSA) is 80.3 Å². The largest absolute Gasteiger partial charge is 0.460 e. The van der Waals surface area contributed by atoms with Gasteiger partial charge in [-0.15, -0.1) is 0 Å². The van der Waals surface area contributed by atoms with Crippen molar-refractivity contribution >= 4 is 44.8 Å². The van der Waals surface area contributed by atoms with Crippen molar-refractivity contribution in [1.29, 1.82) is 0 Å². The zero-order chi connectivity index (χ0) is 34.0. The number of aryl methyl sites for hydroxylation is 1. The van der Waals surface area contributed by atoms with E-state index in [1.54, 1.807) is 11.0 Å². The summed E-state index contributed by atoms with van der Waals surface area (Å²) in [5.74, 6) is 0.654. The number of anilines is 1. The monoisotopic (exact) mass is 725 g/mol. The highest BCUT2D eigenvalue weighted by molar-refractivity contribution is 9.10. The van der Waals surface area contributed by atoms with Crippen LogP contribution in [0.25, 0.3) is 17.0 Å². The number of alkyl halides is 3. The molecule has 1 aromatic carbocycles. The van der Waals surface area contributed by atoms with Gasteiger partial charge in [0.15, 0.2) is 0 Å². The Bertz CT molecular complexity index is 1430. The average molecular weight is 727 g/mol. The van der Waals surface area contributed by atoms with Crippen molar-refractivity contribution in [3.63, 3.8) is 0 Å². The quantitative estimate of drug-likeness (QED) is 0.237. The van der Waals surface area contributed by atoms with Crippen LogP contribution < -0.4 is 9.64 Å². The lowest BCUT2D eigenvalue weighted by Gasteiger charge is -2.53. The number of likely N-dealkylation sites (tertiary alicyclic amines) is 2. The third-order valence-electron chi connectivity index (χ3n) is 9.28. The summed E-state index contributed by atoms with van der Waals surface area (Å²) in [6, 6.07) is 2.09. The summed E-state index contributed by atoms with van der Waals surface area (Å²) < 4.78 is 58.4. The molecule has 0 N–H and O–H groups in total. The summed E-state index contributed by atoms with van der Waals surface area (Å²) >= 11 is 3.56. The van der Waals surface area contributed by atoms with E-state index in [1.165, 1.54) is 0 Å². The number of carbonyl (C=O) groups excluding carboxylic acids is 1. The van der Waals surface area contributed by atoms with Gasteiger partial charge in [-0.05, 0) is 92.9 Å². The number of piperidine rings is 2. The molecule has 0 unspecified atom stereocenters. The lowest BCUT2D eigenvalue weighted by molar-refractivity contribution is -0.133. The molecule has 13 heteroatoms. The van der Waals surface area contributed by atoms with Gasteiger partial charge in [0.2, 0.25) is 0 Å². The molecule has 1 aromatic heterocycles. The molecule has 260 valence electrons. The van der Waals surface area contributed by atoms with Gasteiger partial charge in [-0.25, -0.2) is 4.79 Å². The van der Waals surface area contributed by atoms with E-state index in [2.05, 4.69) is 32.3 Å². The standard InChI is InChI=1S/C34H47BrF3N5O4/c1-6-23-20-26-28(25(27(23)35)8-11-34(36,37)38)39-30(46-24-9-14-41(15-10-24)18-19-45-7-2)40-29(26)42-16-12-33(13-17-42)21-43(22-33)31(44)47-32(3,4)5/h6,20,24H,1,7-19,21-22H2,2-5H3. The minimum atomic E-state index is -4.32. The predicted molar refractivity (Wildman–Crippen MR) is 180 cm³/mol. The van der Waals surface area contributed by atoms with Gasteiger partial charge in [0.05, 0.1) is 12.1 Å². The molecule has 0 aliphatic carbocycles. The highest BCUT2D eigenvalue weighted by Gasteiger charge is 2.48. The van der Waals surface area contributed by atoms with Gasteiger partial charge in [-0.2, -0.15) is 23.1 Å². The second-order valence-electron chi connectivity index (χ2n) is 14.0. The minimum absolute atomic E-state index is 0.0128. The van der Waals surface area contributed by atoms with Crippen LogP contribution in [0.1, 0.15) is 70.9 Å². The molecule has 9 nitrogen and oxygen atoms in total. The molecule has 0 radical (unpaired) electrons. The van der Waals surface area contributed by atoms with Gasteiger partial charge >= 0.3 is 18.3 Å². The molecule has 1 spiro atoms. The maximum Gasteiger partial charge on any atom is 0.410 e. The number of rotatable bonds is 10. The number of amides is 1. The van der Waals surface area contributed by atoms with Crippen molar-refractivity contribution < 1.29 is 32.2 Å². The highest BCUT2D eigenvalue weighted by Crippen LogP contribution is 2.44. The molecule has 3 saturated heterocycles. The summed E-state index contributed by atoms with van der Waals surface area (Å²) in [5, 5.41) is 0.679. The number of aromatic nitrogens is 2. The van der Waals surface area contributed by atoms with Crippen LogP contribution in [0.4, 0.5) is 23.8 Å². The number of hydrogen-bond acceptors (Lipinski definition) is 8. The van der Waals surface area contributed by atoms with Crippen LogP contribution in [0.15, 0.2) is 17.1 Å². The highest BCUT2D eigenvalue weighted by atomic mass is 79.9. The molecule has 1 amide bonds. The van der Waals surface area contributed by atoms with Gasteiger partial charge in [0, 0.05) is 74.1 Å². The van der Waals surface area contributed by atoms with E-state index in [9.17, 15) is 18.0 Å². The Labute approximate surface area is 283 Å². The van der Waals surface area contributed by atoms with Crippen molar-refractivity contribution in [3.8, 4) is 6.01 Å². The number of carbonyl (C=O) groups is 1. The minimum Gasteiger partial charge on any atom is -0.460 e. The van der Waals surface area contributed by atoms with Crippen molar-refractivity contribution in [2.45, 2.75) is 84.1 Å².